The predicted molar refractivity (Wildman–Crippen MR) is 85.0 cm³/mol. The van der Waals surface area contributed by atoms with Gasteiger partial charge in [0, 0.05) is 12.5 Å². The molecule has 0 aliphatic heterocycles. The number of carboxylic acids is 1. The minimum absolute atomic E-state index is 0.287. The highest BCUT2D eigenvalue weighted by atomic mass is 16.4. The summed E-state index contributed by atoms with van der Waals surface area (Å²) < 4.78 is 0. The molecule has 2 rings (SSSR count). The van der Waals surface area contributed by atoms with Gasteiger partial charge < -0.3 is 10.0 Å². The van der Waals surface area contributed by atoms with Crippen LogP contribution in [0.2, 0.25) is 0 Å². The summed E-state index contributed by atoms with van der Waals surface area (Å²) in [5.74, 6) is -1.94. The van der Waals surface area contributed by atoms with E-state index in [0.717, 1.165) is 4.90 Å². The fourth-order valence-electron chi connectivity index (χ4n) is 2.35. The molecule has 23 heavy (non-hydrogen) atoms. The molecule has 0 aliphatic carbocycles. The van der Waals surface area contributed by atoms with Gasteiger partial charge in [0.25, 0.3) is 0 Å². The largest absolute Gasteiger partial charge is 0.479 e. The average Bonchev–Trinajstić information content (AvgIpc) is 2.55. The minimum atomic E-state index is -1.19. The van der Waals surface area contributed by atoms with Crippen molar-refractivity contribution in [1.29, 1.82) is 0 Å². The van der Waals surface area contributed by atoms with E-state index >= 15 is 0 Å². The summed E-state index contributed by atoms with van der Waals surface area (Å²) >= 11 is 0. The summed E-state index contributed by atoms with van der Waals surface area (Å²) in [6.07, 6.45) is 0. The third-order valence-electron chi connectivity index (χ3n) is 3.48. The molecule has 0 saturated carbocycles. The predicted octanol–water partition coefficient (Wildman–Crippen LogP) is 2.54. The van der Waals surface area contributed by atoms with Gasteiger partial charge in [0.15, 0.2) is 11.8 Å². The number of carbonyl (C=O) groups is 3. The van der Waals surface area contributed by atoms with E-state index in [-0.39, 0.29) is 12.3 Å². The second-order valence-electron chi connectivity index (χ2n) is 5.09. The number of carboxylic acid groups (broad SMARTS) is 1. The zero-order valence-corrected chi connectivity index (χ0v) is 12.7. The van der Waals surface area contributed by atoms with Crippen molar-refractivity contribution in [2.45, 2.75) is 13.0 Å². The van der Waals surface area contributed by atoms with Crippen LogP contribution in [-0.4, -0.2) is 34.2 Å². The molecule has 5 nitrogen and oxygen atoms in total. The van der Waals surface area contributed by atoms with Crippen LogP contribution in [0.1, 0.15) is 28.9 Å². The van der Waals surface area contributed by atoms with Crippen LogP contribution >= 0.6 is 0 Å². The fraction of sp³-hybridized carbons (Fsp3) is 0.167. The lowest BCUT2D eigenvalue weighted by molar-refractivity contribution is -0.149. The summed E-state index contributed by atoms with van der Waals surface area (Å²) in [6, 6.07) is 15.7. The van der Waals surface area contributed by atoms with Gasteiger partial charge in [0.1, 0.15) is 0 Å². The minimum Gasteiger partial charge on any atom is -0.479 e. The number of ketones is 1. The van der Waals surface area contributed by atoms with Crippen LogP contribution < -0.4 is 0 Å². The summed E-state index contributed by atoms with van der Waals surface area (Å²) in [7, 11) is 0. The van der Waals surface area contributed by atoms with E-state index in [9.17, 15) is 19.5 Å². The fourth-order valence-corrected chi connectivity index (χ4v) is 2.35. The van der Waals surface area contributed by atoms with Gasteiger partial charge in [-0.25, -0.2) is 4.79 Å². The number of carbonyl (C=O) groups excluding carboxylic acids is 2. The molecular weight excluding hydrogens is 294 g/mol. The van der Waals surface area contributed by atoms with Gasteiger partial charge >= 0.3 is 5.97 Å². The van der Waals surface area contributed by atoms with Gasteiger partial charge in [-0.2, -0.15) is 0 Å². The highest BCUT2D eigenvalue weighted by Crippen LogP contribution is 2.21. The first kappa shape index (κ1) is 16.4. The van der Waals surface area contributed by atoms with Crippen molar-refractivity contribution in [3.05, 3.63) is 71.8 Å². The number of rotatable bonds is 6. The first-order chi connectivity index (χ1) is 11.0. The summed E-state index contributed by atoms with van der Waals surface area (Å²) in [6.45, 7) is 0.975. The average molecular weight is 311 g/mol. The number of aliphatic carboxylic acids is 1. The van der Waals surface area contributed by atoms with Crippen LogP contribution in [0, 0.1) is 0 Å². The molecule has 0 fully saturated rings. The zero-order valence-electron chi connectivity index (χ0n) is 12.7. The molecule has 0 aliphatic rings. The van der Waals surface area contributed by atoms with Crippen molar-refractivity contribution in [1.82, 2.24) is 4.90 Å². The van der Waals surface area contributed by atoms with E-state index in [1.807, 2.05) is 0 Å². The van der Waals surface area contributed by atoms with E-state index < -0.39 is 17.9 Å². The topological polar surface area (TPSA) is 74.7 Å². The lowest BCUT2D eigenvalue weighted by Gasteiger charge is -2.27. The molecular formula is C18H17NO4. The number of hydrogen-bond donors (Lipinski definition) is 1. The van der Waals surface area contributed by atoms with E-state index in [0.29, 0.717) is 11.1 Å². The van der Waals surface area contributed by atoms with Gasteiger partial charge in [0.05, 0.1) is 6.54 Å². The highest BCUT2D eigenvalue weighted by Gasteiger charge is 2.30. The molecule has 0 bridgehead atoms. The van der Waals surface area contributed by atoms with Gasteiger partial charge in [-0.15, -0.1) is 0 Å². The second kappa shape index (κ2) is 7.35. The quantitative estimate of drug-likeness (QED) is 0.832. The van der Waals surface area contributed by atoms with Crippen molar-refractivity contribution in [3.63, 3.8) is 0 Å². The highest BCUT2D eigenvalue weighted by molar-refractivity contribution is 6.00. The van der Waals surface area contributed by atoms with Crippen LogP contribution in [0.25, 0.3) is 0 Å². The lowest BCUT2D eigenvalue weighted by Crippen LogP contribution is -2.41. The molecule has 0 heterocycles. The smallest absolute Gasteiger partial charge is 0.331 e. The normalized spacial score (nSPS) is 11.5. The van der Waals surface area contributed by atoms with Gasteiger partial charge in [-0.1, -0.05) is 60.7 Å². The Kier molecular flexibility index (Phi) is 5.25. The molecule has 2 aromatic rings. The van der Waals surface area contributed by atoms with Crippen molar-refractivity contribution in [2.24, 2.45) is 0 Å². The van der Waals surface area contributed by atoms with Crippen molar-refractivity contribution >= 4 is 17.7 Å². The number of nitrogens with zero attached hydrogens (tertiary/aromatic N) is 1. The third-order valence-corrected chi connectivity index (χ3v) is 3.48. The summed E-state index contributed by atoms with van der Waals surface area (Å²) in [5.41, 5.74) is 0.895. The molecule has 2 aromatic carbocycles. The Hall–Kier alpha value is -2.95. The number of Topliss-reactive ketones (excluding diaryl/α,β-unsaturated/α-hetero) is 1. The Balaban J connectivity index is 2.31. The summed E-state index contributed by atoms with van der Waals surface area (Å²) in [5, 5.41) is 9.52. The number of amides is 1. The molecule has 0 radical (unpaired) electrons. The van der Waals surface area contributed by atoms with Gasteiger partial charge in [-0.3, -0.25) is 9.59 Å². The van der Waals surface area contributed by atoms with Crippen molar-refractivity contribution < 1.29 is 19.5 Å². The molecule has 1 unspecified atom stereocenters. The third kappa shape index (κ3) is 4.03. The maximum Gasteiger partial charge on any atom is 0.331 e. The molecule has 0 aromatic heterocycles. The van der Waals surface area contributed by atoms with E-state index in [1.165, 1.54) is 6.92 Å². The Morgan fingerprint density at radius 2 is 1.48 bits per heavy atom. The van der Waals surface area contributed by atoms with Crippen LogP contribution in [0.3, 0.4) is 0 Å². The molecule has 0 saturated heterocycles. The van der Waals surface area contributed by atoms with Crippen molar-refractivity contribution in [3.8, 4) is 0 Å². The van der Waals surface area contributed by atoms with Gasteiger partial charge in [-0.05, 0) is 5.56 Å². The lowest BCUT2D eigenvalue weighted by atomic mass is 10.0. The molecule has 118 valence electrons. The summed E-state index contributed by atoms with van der Waals surface area (Å²) in [4.78, 5) is 37.0. The monoisotopic (exact) mass is 311 g/mol. The van der Waals surface area contributed by atoms with Crippen LogP contribution in [0.5, 0.6) is 0 Å². The molecule has 5 heteroatoms. The Labute approximate surface area is 134 Å². The number of hydrogen-bond acceptors (Lipinski definition) is 3. The Morgan fingerprint density at radius 1 is 0.957 bits per heavy atom. The molecule has 1 atom stereocenters. The second-order valence-corrected chi connectivity index (χ2v) is 5.09. The zero-order chi connectivity index (χ0) is 16.8. The first-order valence-electron chi connectivity index (χ1n) is 7.14. The van der Waals surface area contributed by atoms with Gasteiger partial charge in [0.2, 0.25) is 5.91 Å². The van der Waals surface area contributed by atoms with Crippen LogP contribution in [0.15, 0.2) is 60.7 Å². The van der Waals surface area contributed by atoms with Crippen molar-refractivity contribution in [2.75, 3.05) is 6.54 Å². The molecule has 0 spiro atoms. The van der Waals surface area contributed by atoms with E-state index in [4.69, 9.17) is 0 Å². The number of benzene rings is 2. The molecule has 1 amide bonds. The Bertz CT molecular complexity index is 697. The molecule has 1 N–H and O–H groups in total. The Morgan fingerprint density at radius 3 is 1.96 bits per heavy atom. The standard InChI is InChI=1S/C18H17NO4/c1-13(20)19(12-16(21)14-8-4-2-5-9-14)17(18(22)23)15-10-6-3-7-11-15/h2-11,17H,12H2,1H3,(H,22,23). The first-order valence-corrected chi connectivity index (χ1v) is 7.14. The van der Waals surface area contributed by atoms with E-state index in [2.05, 4.69) is 0 Å². The van der Waals surface area contributed by atoms with Crippen LogP contribution in [-0.2, 0) is 9.59 Å². The SMILES string of the molecule is CC(=O)N(CC(=O)c1ccccc1)C(C(=O)O)c1ccccc1. The maximum absolute atomic E-state index is 12.3. The van der Waals surface area contributed by atoms with Crippen LogP contribution in [0.4, 0.5) is 0 Å². The maximum atomic E-state index is 12.3. The van der Waals surface area contributed by atoms with E-state index in [1.54, 1.807) is 60.7 Å².